The predicted octanol–water partition coefficient (Wildman–Crippen LogP) is 3.70. The topological polar surface area (TPSA) is 20.2 Å². The van der Waals surface area contributed by atoms with Crippen LogP contribution in [0.25, 0.3) is 0 Å². The van der Waals surface area contributed by atoms with Crippen LogP contribution < -0.4 is 0 Å². The molecule has 0 aliphatic rings. The van der Waals surface area contributed by atoms with Gasteiger partial charge < -0.3 is 5.11 Å². The van der Waals surface area contributed by atoms with Crippen molar-refractivity contribution < 1.29 is 9.50 Å². The van der Waals surface area contributed by atoms with Gasteiger partial charge >= 0.3 is 0 Å². The molecule has 0 spiro atoms. The minimum Gasteiger partial charge on any atom is -0.388 e. The zero-order valence-corrected chi connectivity index (χ0v) is 8.89. The van der Waals surface area contributed by atoms with Gasteiger partial charge in [-0.3, -0.25) is 0 Å². The highest BCUT2D eigenvalue weighted by atomic mass is 35.5. The number of hydrogen-bond acceptors (Lipinski definition) is 1. The van der Waals surface area contributed by atoms with Gasteiger partial charge in [0.2, 0.25) is 0 Å². The van der Waals surface area contributed by atoms with Crippen LogP contribution in [-0.2, 0) is 0 Å². The molecule has 0 aliphatic heterocycles. The maximum absolute atomic E-state index is 13.0. The van der Waals surface area contributed by atoms with Crippen molar-refractivity contribution in [1.82, 2.24) is 0 Å². The Morgan fingerprint density at radius 2 is 2.21 bits per heavy atom. The normalized spacial score (nSPS) is 12.9. The number of unbranched alkanes of at least 4 members (excludes halogenated alkanes) is 1. The van der Waals surface area contributed by atoms with Gasteiger partial charge in [0.25, 0.3) is 0 Å². The second kappa shape index (κ2) is 5.32. The van der Waals surface area contributed by atoms with Crippen LogP contribution in [0.4, 0.5) is 4.39 Å². The second-order valence-electron chi connectivity index (χ2n) is 3.30. The summed E-state index contributed by atoms with van der Waals surface area (Å²) >= 11 is 5.73. The first-order chi connectivity index (χ1) is 6.66. The summed E-state index contributed by atoms with van der Waals surface area (Å²) in [6, 6.07) is 4.51. The van der Waals surface area contributed by atoms with Gasteiger partial charge in [-0.05, 0) is 12.5 Å². The molecule has 0 saturated carbocycles. The molecule has 0 radical (unpaired) electrons. The standard InChI is InChI=1S/C11H14ClFO/c1-2-3-7-10(14)8-5-4-6-9(13)11(8)12/h4-6,10,14H,2-3,7H2,1H3. The predicted molar refractivity (Wildman–Crippen MR) is 55.9 cm³/mol. The number of aliphatic hydroxyl groups is 1. The van der Waals surface area contributed by atoms with Crippen molar-refractivity contribution in [2.75, 3.05) is 0 Å². The zero-order chi connectivity index (χ0) is 10.6. The van der Waals surface area contributed by atoms with Crippen LogP contribution in [0.1, 0.15) is 37.9 Å². The maximum Gasteiger partial charge on any atom is 0.142 e. The third-order valence-corrected chi connectivity index (χ3v) is 2.57. The summed E-state index contributed by atoms with van der Waals surface area (Å²) in [6.07, 6.45) is 1.88. The molecule has 1 aromatic carbocycles. The molecule has 0 fully saturated rings. The number of halogens is 2. The van der Waals surface area contributed by atoms with E-state index in [9.17, 15) is 9.50 Å². The van der Waals surface area contributed by atoms with Gasteiger partial charge in [-0.1, -0.05) is 43.5 Å². The van der Waals surface area contributed by atoms with Gasteiger partial charge in [0.1, 0.15) is 5.82 Å². The minimum atomic E-state index is -0.654. The van der Waals surface area contributed by atoms with Gasteiger partial charge in [0.05, 0.1) is 11.1 Å². The molecule has 3 heteroatoms. The van der Waals surface area contributed by atoms with E-state index in [0.29, 0.717) is 12.0 Å². The fourth-order valence-electron chi connectivity index (χ4n) is 1.33. The fourth-order valence-corrected chi connectivity index (χ4v) is 1.58. The lowest BCUT2D eigenvalue weighted by atomic mass is 10.0. The van der Waals surface area contributed by atoms with E-state index in [0.717, 1.165) is 12.8 Å². The van der Waals surface area contributed by atoms with Crippen LogP contribution in [0, 0.1) is 5.82 Å². The molecule has 0 aliphatic carbocycles. The van der Waals surface area contributed by atoms with Crippen molar-refractivity contribution in [2.24, 2.45) is 0 Å². The SMILES string of the molecule is CCCCC(O)c1cccc(F)c1Cl. The lowest BCUT2D eigenvalue weighted by Gasteiger charge is -2.12. The molecule has 0 bridgehead atoms. The first-order valence-electron chi connectivity index (χ1n) is 4.78. The Labute approximate surface area is 88.5 Å². The second-order valence-corrected chi connectivity index (χ2v) is 3.68. The lowest BCUT2D eigenvalue weighted by Crippen LogP contribution is -1.99. The van der Waals surface area contributed by atoms with Crippen LogP contribution in [0.2, 0.25) is 5.02 Å². The van der Waals surface area contributed by atoms with Crippen molar-refractivity contribution >= 4 is 11.6 Å². The molecule has 1 rings (SSSR count). The number of benzene rings is 1. The molecule has 0 aromatic heterocycles. The molecule has 0 saturated heterocycles. The Morgan fingerprint density at radius 3 is 2.86 bits per heavy atom. The van der Waals surface area contributed by atoms with Crippen LogP contribution in [0.5, 0.6) is 0 Å². The van der Waals surface area contributed by atoms with Gasteiger partial charge in [-0.25, -0.2) is 4.39 Å². The number of aliphatic hydroxyl groups excluding tert-OH is 1. The zero-order valence-electron chi connectivity index (χ0n) is 8.13. The van der Waals surface area contributed by atoms with Crippen molar-refractivity contribution in [3.8, 4) is 0 Å². The highest BCUT2D eigenvalue weighted by molar-refractivity contribution is 6.31. The molecule has 0 amide bonds. The van der Waals surface area contributed by atoms with Crippen molar-refractivity contribution in [3.05, 3.63) is 34.6 Å². The van der Waals surface area contributed by atoms with E-state index in [2.05, 4.69) is 0 Å². The Bertz CT molecular complexity index is 301. The monoisotopic (exact) mass is 216 g/mol. The van der Waals surface area contributed by atoms with Crippen LogP contribution in [0.3, 0.4) is 0 Å². The molecule has 14 heavy (non-hydrogen) atoms. The molecular formula is C11H14ClFO. The molecule has 1 unspecified atom stereocenters. The average molecular weight is 217 g/mol. The smallest absolute Gasteiger partial charge is 0.142 e. The van der Waals surface area contributed by atoms with Crippen LogP contribution >= 0.6 is 11.6 Å². The van der Waals surface area contributed by atoms with Crippen molar-refractivity contribution in [2.45, 2.75) is 32.3 Å². The summed E-state index contributed by atoms with van der Waals surface area (Å²) < 4.78 is 13.0. The molecule has 1 nitrogen and oxygen atoms in total. The van der Waals surface area contributed by atoms with E-state index in [1.807, 2.05) is 6.92 Å². The third kappa shape index (κ3) is 2.69. The Hall–Kier alpha value is -0.600. The third-order valence-electron chi connectivity index (χ3n) is 2.17. The molecule has 78 valence electrons. The summed E-state index contributed by atoms with van der Waals surface area (Å²) in [5.74, 6) is -0.472. The van der Waals surface area contributed by atoms with Gasteiger partial charge in [-0.2, -0.15) is 0 Å². The first kappa shape index (κ1) is 11.5. The summed E-state index contributed by atoms with van der Waals surface area (Å²) in [6.45, 7) is 2.04. The van der Waals surface area contributed by atoms with E-state index in [1.165, 1.54) is 6.07 Å². The Kier molecular flexibility index (Phi) is 4.36. The Morgan fingerprint density at radius 1 is 1.50 bits per heavy atom. The van der Waals surface area contributed by atoms with Gasteiger partial charge in [0.15, 0.2) is 0 Å². The summed E-state index contributed by atoms with van der Waals surface area (Å²) in [4.78, 5) is 0. The highest BCUT2D eigenvalue weighted by Gasteiger charge is 2.13. The summed E-state index contributed by atoms with van der Waals surface area (Å²) in [5.41, 5.74) is 0.486. The first-order valence-corrected chi connectivity index (χ1v) is 5.16. The number of hydrogen-bond donors (Lipinski definition) is 1. The van der Waals surface area contributed by atoms with E-state index in [4.69, 9.17) is 11.6 Å². The van der Waals surface area contributed by atoms with Gasteiger partial charge in [0, 0.05) is 5.56 Å². The van der Waals surface area contributed by atoms with E-state index < -0.39 is 11.9 Å². The molecule has 1 atom stereocenters. The molecular weight excluding hydrogens is 203 g/mol. The van der Waals surface area contributed by atoms with Crippen LogP contribution in [0.15, 0.2) is 18.2 Å². The number of rotatable bonds is 4. The van der Waals surface area contributed by atoms with Crippen molar-refractivity contribution in [3.63, 3.8) is 0 Å². The van der Waals surface area contributed by atoms with E-state index in [-0.39, 0.29) is 5.02 Å². The van der Waals surface area contributed by atoms with E-state index >= 15 is 0 Å². The minimum absolute atomic E-state index is 0.0381. The van der Waals surface area contributed by atoms with Crippen molar-refractivity contribution in [1.29, 1.82) is 0 Å². The fraction of sp³-hybridized carbons (Fsp3) is 0.455. The quantitative estimate of drug-likeness (QED) is 0.814. The average Bonchev–Trinajstić information content (AvgIpc) is 2.18. The Balaban J connectivity index is 2.79. The lowest BCUT2D eigenvalue weighted by molar-refractivity contribution is 0.164. The highest BCUT2D eigenvalue weighted by Crippen LogP contribution is 2.28. The van der Waals surface area contributed by atoms with Crippen LogP contribution in [-0.4, -0.2) is 5.11 Å². The molecule has 0 heterocycles. The molecule has 1 N–H and O–H groups in total. The molecule has 1 aromatic rings. The van der Waals surface area contributed by atoms with E-state index in [1.54, 1.807) is 12.1 Å². The summed E-state index contributed by atoms with van der Waals surface area (Å²) in [5, 5.41) is 9.74. The largest absolute Gasteiger partial charge is 0.388 e. The van der Waals surface area contributed by atoms with Gasteiger partial charge in [-0.15, -0.1) is 0 Å². The summed E-state index contributed by atoms with van der Waals surface area (Å²) in [7, 11) is 0. The maximum atomic E-state index is 13.0.